The summed E-state index contributed by atoms with van der Waals surface area (Å²) in [5.41, 5.74) is 8.42. The summed E-state index contributed by atoms with van der Waals surface area (Å²) < 4.78 is 32.0. The van der Waals surface area contributed by atoms with E-state index in [2.05, 4.69) is 20.4 Å². The Kier molecular flexibility index (Phi) is 7.54. The van der Waals surface area contributed by atoms with Crippen molar-refractivity contribution in [3.05, 3.63) is 106 Å². The van der Waals surface area contributed by atoms with Gasteiger partial charge in [0.15, 0.2) is 5.82 Å². The topological polar surface area (TPSA) is 120 Å². The summed E-state index contributed by atoms with van der Waals surface area (Å²) in [7, 11) is 1.79. The molecule has 6 rings (SSSR count). The first-order valence-corrected chi connectivity index (χ1v) is 14.0. The first-order chi connectivity index (χ1) is 20.8. The van der Waals surface area contributed by atoms with Gasteiger partial charge in [-0.1, -0.05) is 0 Å². The number of amides is 1. The number of nitrogen functional groups attached to an aromatic ring is 1. The molecule has 218 valence electrons. The van der Waals surface area contributed by atoms with E-state index < -0.39 is 23.1 Å². The first-order valence-electron chi connectivity index (χ1n) is 14.0. The summed E-state index contributed by atoms with van der Waals surface area (Å²) >= 11 is 0. The van der Waals surface area contributed by atoms with Gasteiger partial charge >= 0.3 is 0 Å². The Morgan fingerprint density at radius 1 is 1.05 bits per heavy atom. The molecule has 0 aliphatic heterocycles. The Labute approximate surface area is 245 Å². The number of carbonyl (C=O) groups excluding carboxylic acids is 1. The molecule has 0 spiro atoms. The molecular weight excluding hydrogens is 552 g/mol. The van der Waals surface area contributed by atoms with E-state index in [4.69, 9.17) is 5.73 Å². The third-order valence-corrected chi connectivity index (χ3v) is 7.97. The van der Waals surface area contributed by atoms with Gasteiger partial charge in [0, 0.05) is 53.6 Å². The molecule has 0 unspecified atom stereocenters. The van der Waals surface area contributed by atoms with Crippen molar-refractivity contribution >= 4 is 29.1 Å². The molecule has 1 aliphatic rings. The van der Waals surface area contributed by atoms with Crippen LogP contribution in [0.3, 0.4) is 0 Å². The van der Waals surface area contributed by atoms with E-state index in [1.165, 1.54) is 59.6 Å². The van der Waals surface area contributed by atoms with Gasteiger partial charge in [-0.05, 0) is 92.3 Å². The third-order valence-electron chi connectivity index (χ3n) is 7.97. The largest absolute Gasteiger partial charge is 0.382 e. The normalized spacial score (nSPS) is 17.0. The second kappa shape index (κ2) is 11.6. The lowest BCUT2D eigenvalue weighted by atomic mass is 9.81. The fourth-order valence-electron chi connectivity index (χ4n) is 5.84. The molecule has 1 aliphatic carbocycles. The van der Waals surface area contributed by atoms with Gasteiger partial charge in [-0.2, -0.15) is 5.10 Å². The molecule has 5 aromatic rings. The molecule has 9 nitrogen and oxygen atoms in total. The monoisotopic (exact) mass is 581 g/mol. The van der Waals surface area contributed by atoms with E-state index in [1.807, 2.05) is 12.3 Å². The van der Waals surface area contributed by atoms with Crippen LogP contribution in [-0.2, 0) is 0 Å². The molecule has 1 fully saturated rings. The van der Waals surface area contributed by atoms with Crippen molar-refractivity contribution in [3.63, 3.8) is 0 Å². The van der Waals surface area contributed by atoms with E-state index in [-0.39, 0.29) is 28.6 Å². The van der Waals surface area contributed by atoms with Gasteiger partial charge in [-0.25, -0.2) is 18.3 Å². The maximum Gasteiger partial charge on any atom is 0.267 e. The maximum atomic E-state index is 15.7. The van der Waals surface area contributed by atoms with Crippen LogP contribution >= 0.6 is 0 Å². The van der Waals surface area contributed by atoms with Crippen molar-refractivity contribution in [1.29, 1.82) is 0 Å². The van der Waals surface area contributed by atoms with Crippen LogP contribution < -0.4 is 16.6 Å². The van der Waals surface area contributed by atoms with Gasteiger partial charge in [0.25, 0.3) is 11.5 Å². The van der Waals surface area contributed by atoms with Crippen molar-refractivity contribution in [2.45, 2.75) is 31.6 Å². The summed E-state index contributed by atoms with van der Waals surface area (Å²) in [5, 5.41) is 7.06. The number of halogens is 2. The van der Waals surface area contributed by atoms with Gasteiger partial charge < -0.3 is 16.0 Å². The Hall–Kier alpha value is -5.19. The van der Waals surface area contributed by atoms with Crippen LogP contribution in [0.1, 0.15) is 47.7 Å². The second-order valence-corrected chi connectivity index (χ2v) is 10.6. The summed E-state index contributed by atoms with van der Waals surface area (Å²) in [4.78, 5) is 34.4. The number of anilines is 2. The molecule has 3 aromatic heterocycles. The summed E-state index contributed by atoms with van der Waals surface area (Å²) in [6.07, 6.45) is 8.79. The zero-order valence-electron chi connectivity index (χ0n) is 23.4. The van der Waals surface area contributed by atoms with Crippen LogP contribution in [0.5, 0.6) is 0 Å². The highest BCUT2D eigenvalue weighted by Gasteiger charge is 2.27. The molecule has 0 saturated heterocycles. The molecule has 3 N–H and O–H groups in total. The van der Waals surface area contributed by atoms with Gasteiger partial charge in [0.05, 0.1) is 0 Å². The van der Waals surface area contributed by atoms with Crippen LogP contribution in [0.25, 0.3) is 22.3 Å². The Bertz CT molecular complexity index is 1910. The fraction of sp³-hybridized carbons (Fsp3) is 0.219. The molecule has 0 atom stereocenters. The van der Waals surface area contributed by atoms with Crippen LogP contribution in [-0.4, -0.2) is 38.3 Å². The number of nitrogens with one attached hydrogen (secondary N) is 1. The SMILES string of the molecule is CN=CC1CCC(c2cc(-c3ccc(NC(=O)c4cccn(-c5ccc(F)cc5)c4=O)cc3F)c3c(N)ncnn23)CC1. The number of aliphatic imine (C=N–C) groups is 1. The number of rotatable bonds is 6. The van der Waals surface area contributed by atoms with E-state index in [0.29, 0.717) is 22.7 Å². The lowest BCUT2D eigenvalue weighted by Gasteiger charge is -2.26. The van der Waals surface area contributed by atoms with Gasteiger partial charge in [0.2, 0.25) is 0 Å². The smallest absolute Gasteiger partial charge is 0.267 e. The number of fused-ring (bicyclic) bond motifs is 1. The number of nitrogens with two attached hydrogens (primary N) is 1. The van der Waals surface area contributed by atoms with Crippen LogP contribution in [0, 0.1) is 17.6 Å². The Balaban J connectivity index is 1.28. The highest BCUT2D eigenvalue weighted by molar-refractivity contribution is 6.04. The number of hydrogen-bond donors (Lipinski definition) is 2. The molecule has 43 heavy (non-hydrogen) atoms. The number of nitrogens with zero attached hydrogens (tertiary/aromatic N) is 5. The number of hydrogen-bond acceptors (Lipinski definition) is 6. The van der Waals surface area contributed by atoms with Crippen LogP contribution in [0.2, 0.25) is 0 Å². The molecule has 0 bridgehead atoms. The highest BCUT2D eigenvalue weighted by atomic mass is 19.1. The van der Waals surface area contributed by atoms with E-state index in [9.17, 15) is 14.0 Å². The third kappa shape index (κ3) is 5.41. The highest BCUT2D eigenvalue weighted by Crippen LogP contribution is 2.40. The Morgan fingerprint density at radius 2 is 1.81 bits per heavy atom. The summed E-state index contributed by atoms with van der Waals surface area (Å²) in [5.74, 6) is -0.814. The Morgan fingerprint density at radius 3 is 2.53 bits per heavy atom. The zero-order chi connectivity index (χ0) is 30.1. The maximum absolute atomic E-state index is 15.7. The molecule has 11 heteroatoms. The quantitative estimate of drug-likeness (QED) is 0.252. The number of carbonyl (C=O) groups is 1. The van der Waals surface area contributed by atoms with Gasteiger partial charge in [0.1, 0.15) is 29.0 Å². The van der Waals surface area contributed by atoms with E-state index >= 15 is 4.39 Å². The first kappa shape index (κ1) is 28.0. The van der Waals surface area contributed by atoms with Crippen molar-refractivity contribution < 1.29 is 13.6 Å². The lowest BCUT2D eigenvalue weighted by Crippen LogP contribution is -2.27. The van der Waals surface area contributed by atoms with Crippen molar-refractivity contribution in [2.24, 2.45) is 10.9 Å². The second-order valence-electron chi connectivity index (χ2n) is 10.6. The van der Waals surface area contributed by atoms with E-state index in [1.54, 1.807) is 23.7 Å². The predicted molar refractivity (Wildman–Crippen MR) is 162 cm³/mol. The lowest BCUT2D eigenvalue weighted by molar-refractivity contribution is 0.102. The molecule has 0 radical (unpaired) electrons. The van der Waals surface area contributed by atoms with Gasteiger partial charge in [-0.3, -0.25) is 14.2 Å². The zero-order valence-corrected chi connectivity index (χ0v) is 23.4. The van der Waals surface area contributed by atoms with E-state index in [0.717, 1.165) is 31.4 Å². The fourth-order valence-corrected chi connectivity index (χ4v) is 5.84. The van der Waals surface area contributed by atoms with Crippen molar-refractivity contribution in [3.8, 4) is 16.8 Å². The van der Waals surface area contributed by atoms with Crippen molar-refractivity contribution in [2.75, 3.05) is 18.1 Å². The molecular formula is C32H29F2N7O2. The summed E-state index contributed by atoms with van der Waals surface area (Å²) in [6.45, 7) is 0. The average Bonchev–Trinajstić information content (AvgIpc) is 3.39. The van der Waals surface area contributed by atoms with Gasteiger partial charge in [-0.15, -0.1) is 0 Å². The standard InChI is InChI=1S/C32H29F2N7O2/c1-36-17-19-4-6-20(7-5-19)28-16-26(29-30(35)37-18-38-41(28)29)24-13-10-22(15-27(24)34)39-31(42)25-3-2-14-40(32(25)43)23-11-8-21(33)9-12-23/h2-3,8-20H,4-7H2,1H3,(H,39,42)(H2,35,37,38). The molecule has 3 heterocycles. The minimum atomic E-state index is -0.702. The molecule has 1 amide bonds. The number of pyridine rings is 1. The number of benzene rings is 2. The summed E-state index contributed by atoms with van der Waals surface area (Å²) in [6, 6.07) is 14.5. The van der Waals surface area contributed by atoms with Crippen molar-refractivity contribution in [1.82, 2.24) is 19.2 Å². The molecule has 2 aromatic carbocycles. The molecule has 1 saturated carbocycles. The minimum absolute atomic E-state index is 0.149. The minimum Gasteiger partial charge on any atom is -0.382 e. The van der Waals surface area contributed by atoms with Crippen LogP contribution in [0.4, 0.5) is 20.3 Å². The predicted octanol–water partition coefficient (Wildman–Crippen LogP) is 5.63. The average molecular weight is 582 g/mol. The number of aromatic nitrogens is 4. The van der Waals surface area contributed by atoms with Crippen LogP contribution in [0.15, 0.2) is 83.0 Å².